The predicted octanol–water partition coefficient (Wildman–Crippen LogP) is 1.80. The maximum atomic E-state index is 13.2. The van der Waals surface area contributed by atoms with Gasteiger partial charge in [-0.2, -0.15) is 5.10 Å². The van der Waals surface area contributed by atoms with Gasteiger partial charge in [0.15, 0.2) is 0 Å². The van der Waals surface area contributed by atoms with Gasteiger partial charge in [-0.15, -0.1) is 0 Å². The number of carbonyl (C=O) groups excluding carboxylic acids is 1. The molecule has 4 N–H and O–H groups in total. The van der Waals surface area contributed by atoms with Gasteiger partial charge in [-0.1, -0.05) is 6.07 Å². The van der Waals surface area contributed by atoms with Crippen LogP contribution < -0.4 is 11.1 Å². The second-order valence-electron chi connectivity index (χ2n) is 4.58. The number of para-hydroxylation sites is 1. The molecule has 0 aliphatic rings. The molecule has 0 bridgehead atoms. The number of aromatic amines is 1. The minimum absolute atomic E-state index is 0.115. The molecular weight excluding hydrogens is 259 g/mol. The summed E-state index contributed by atoms with van der Waals surface area (Å²) in [6, 6.07) is 4.21. The van der Waals surface area contributed by atoms with Crippen LogP contribution in [0.4, 0.5) is 10.1 Å². The number of aryl methyl sites for hydroxylation is 2. The van der Waals surface area contributed by atoms with Crippen LogP contribution in [0.15, 0.2) is 24.4 Å². The third-order valence-corrected chi connectivity index (χ3v) is 3.14. The van der Waals surface area contributed by atoms with Crippen LogP contribution in [-0.4, -0.2) is 22.6 Å². The lowest BCUT2D eigenvalue weighted by molar-refractivity contribution is 0.0953. The smallest absolute Gasteiger partial charge is 0.253 e. The molecule has 20 heavy (non-hydrogen) atoms. The first-order valence-corrected chi connectivity index (χ1v) is 6.40. The SMILES string of the molecule is Cc1[nH]ncc1CCCNC(=O)c1cccc(F)c1N. The summed E-state index contributed by atoms with van der Waals surface area (Å²) < 4.78 is 13.2. The number of halogens is 1. The molecule has 1 aromatic carbocycles. The zero-order valence-corrected chi connectivity index (χ0v) is 11.2. The van der Waals surface area contributed by atoms with Gasteiger partial charge in [0.2, 0.25) is 0 Å². The molecule has 0 spiro atoms. The number of nitrogens with one attached hydrogen (secondary N) is 2. The van der Waals surface area contributed by atoms with E-state index >= 15 is 0 Å². The first-order valence-electron chi connectivity index (χ1n) is 6.40. The number of carbonyl (C=O) groups is 1. The van der Waals surface area contributed by atoms with E-state index in [0.29, 0.717) is 6.54 Å². The normalized spacial score (nSPS) is 10.5. The Hall–Kier alpha value is -2.37. The second-order valence-corrected chi connectivity index (χ2v) is 4.58. The van der Waals surface area contributed by atoms with E-state index in [9.17, 15) is 9.18 Å². The lowest BCUT2D eigenvalue weighted by atomic mass is 10.1. The van der Waals surface area contributed by atoms with Gasteiger partial charge in [0.25, 0.3) is 5.91 Å². The van der Waals surface area contributed by atoms with Gasteiger partial charge < -0.3 is 11.1 Å². The van der Waals surface area contributed by atoms with Crippen LogP contribution in [0.3, 0.4) is 0 Å². The first kappa shape index (κ1) is 14.0. The summed E-state index contributed by atoms with van der Waals surface area (Å²) >= 11 is 0. The van der Waals surface area contributed by atoms with Crippen molar-refractivity contribution in [3.63, 3.8) is 0 Å². The minimum Gasteiger partial charge on any atom is -0.396 e. The largest absolute Gasteiger partial charge is 0.396 e. The Balaban J connectivity index is 1.84. The van der Waals surface area contributed by atoms with Crippen molar-refractivity contribution < 1.29 is 9.18 Å². The number of hydrogen-bond acceptors (Lipinski definition) is 3. The molecule has 6 heteroatoms. The highest BCUT2D eigenvalue weighted by Gasteiger charge is 2.11. The highest BCUT2D eigenvalue weighted by molar-refractivity contribution is 5.99. The molecule has 0 saturated heterocycles. The fourth-order valence-corrected chi connectivity index (χ4v) is 1.94. The molecular formula is C14H17FN4O. The number of rotatable bonds is 5. The molecule has 0 unspecified atom stereocenters. The number of nitrogens with zero attached hydrogens (tertiary/aromatic N) is 1. The van der Waals surface area contributed by atoms with Crippen LogP contribution in [0, 0.1) is 12.7 Å². The first-order chi connectivity index (χ1) is 9.59. The van der Waals surface area contributed by atoms with E-state index in [-0.39, 0.29) is 17.2 Å². The molecule has 0 atom stereocenters. The molecule has 1 amide bonds. The summed E-state index contributed by atoms with van der Waals surface area (Å²) in [5, 5.41) is 9.53. The number of H-pyrrole nitrogens is 1. The standard InChI is InChI=1S/C14H17FN4O/c1-9-10(8-18-19-9)4-3-7-17-14(20)11-5-2-6-12(15)13(11)16/h2,5-6,8H,3-4,7,16H2,1H3,(H,17,20)(H,18,19). The maximum Gasteiger partial charge on any atom is 0.253 e. The molecule has 1 aromatic heterocycles. The van der Waals surface area contributed by atoms with Gasteiger partial charge >= 0.3 is 0 Å². The third-order valence-electron chi connectivity index (χ3n) is 3.14. The van der Waals surface area contributed by atoms with Crippen LogP contribution in [0.2, 0.25) is 0 Å². The van der Waals surface area contributed by atoms with E-state index in [2.05, 4.69) is 15.5 Å². The minimum atomic E-state index is -0.577. The molecule has 106 valence electrons. The van der Waals surface area contributed by atoms with Crippen LogP contribution in [-0.2, 0) is 6.42 Å². The van der Waals surface area contributed by atoms with Gasteiger partial charge in [-0.25, -0.2) is 4.39 Å². The summed E-state index contributed by atoms with van der Waals surface area (Å²) in [5.74, 6) is -0.933. The highest BCUT2D eigenvalue weighted by Crippen LogP contribution is 2.15. The van der Waals surface area contributed by atoms with Crippen molar-refractivity contribution in [3.05, 3.63) is 47.0 Å². The number of nitrogen functional groups attached to an aromatic ring is 1. The topological polar surface area (TPSA) is 83.8 Å². The predicted molar refractivity (Wildman–Crippen MR) is 74.8 cm³/mol. The Morgan fingerprint density at radius 3 is 3.00 bits per heavy atom. The zero-order chi connectivity index (χ0) is 14.5. The highest BCUT2D eigenvalue weighted by atomic mass is 19.1. The molecule has 2 rings (SSSR count). The van der Waals surface area contributed by atoms with Gasteiger partial charge in [0.1, 0.15) is 5.82 Å². The van der Waals surface area contributed by atoms with E-state index in [1.165, 1.54) is 18.2 Å². The van der Waals surface area contributed by atoms with Crippen LogP contribution in [0.1, 0.15) is 28.0 Å². The molecule has 0 saturated carbocycles. The van der Waals surface area contributed by atoms with Crippen molar-refractivity contribution in [3.8, 4) is 0 Å². The average Bonchev–Trinajstić information content (AvgIpc) is 2.83. The molecule has 0 fully saturated rings. The summed E-state index contributed by atoms with van der Waals surface area (Å²) in [5.41, 5.74) is 7.75. The maximum absolute atomic E-state index is 13.2. The average molecular weight is 276 g/mol. The molecule has 0 aliphatic heterocycles. The van der Waals surface area contributed by atoms with Crippen molar-refractivity contribution in [1.82, 2.24) is 15.5 Å². The van der Waals surface area contributed by atoms with E-state index in [0.717, 1.165) is 24.1 Å². The quantitative estimate of drug-likeness (QED) is 0.575. The fraction of sp³-hybridized carbons (Fsp3) is 0.286. The number of aromatic nitrogens is 2. The molecule has 1 heterocycles. The summed E-state index contributed by atoms with van der Waals surface area (Å²) in [6.07, 6.45) is 3.38. The number of amides is 1. The monoisotopic (exact) mass is 276 g/mol. The van der Waals surface area contributed by atoms with Crippen LogP contribution in [0.25, 0.3) is 0 Å². The molecule has 0 aliphatic carbocycles. The Morgan fingerprint density at radius 1 is 1.50 bits per heavy atom. The lowest BCUT2D eigenvalue weighted by Crippen LogP contribution is -2.26. The Labute approximate surface area is 116 Å². The van der Waals surface area contributed by atoms with Gasteiger partial charge in [-0.05, 0) is 37.5 Å². The van der Waals surface area contributed by atoms with E-state index < -0.39 is 5.82 Å². The fourth-order valence-electron chi connectivity index (χ4n) is 1.94. The van der Waals surface area contributed by atoms with Gasteiger partial charge in [-0.3, -0.25) is 9.89 Å². The Bertz CT molecular complexity index is 609. The number of hydrogen-bond donors (Lipinski definition) is 3. The number of benzene rings is 1. The van der Waals surface area contributed by atoms with Gasteiger partial charge in [0, 0.05) is 12.2 Å². The summed E-state index contributed by atoms with van der Waals surface area (Å²) in [6.45, 7) is 2.45. The Kier molecular flexibility index (Phi) is 4.34. The molecule has 0 radical (unpaired) electrons. The zero-order valence-electron chi connectivity index (χ0n) is 11.2. The van der Waals surface area contributed by atoms with Crippen LogP contribution in [0.5, 0.6) is 0 Å². The van der Waals surface area contributed by atoms with Crippen molar-refractivity contribution in [2.45, 2.75) is 19.8 Å². The second kappa shape index (κ2) is 6.18. The molecule has 2 aromatic rings. The summed E-state index contributed by atoms with van der Waals surface area (Å²) in [7, 11) is 0. The van der Waals surface area contributed by atoms with Crippen molar-refractivity contribution in [2.24, 2.45) is 0 Å². The number of anilines is 1. The van der Waals surface area contributed by atoms with E-state index in [1.807, 2.05) is 6.92 Å². The third kappa shape index (κ3) is 3.14. The Morgan fingerprint density at radius 2 is 2.30 bits per heavy atom. The molecule has 5 nitrogen and oxygen atoms in total. The summed E-state index contributed by atoms with van der Waals surface area (Å²) in [4.78, 5) is 11.9. The van der Waals surface area contributed by atoms with Crippen molar-refractivity contribution >= 4 is 11.6 Å². The van der Waals surface area contributed by atoms with Crippen molar-refractivity contribution in [1.29, 1.82) is 0 Å². The lowest BCUT2D eigenvalue weighted by Gasteiger charge is -2.07. The van der Waals surface area contributed by atoms with Crippen LogP contribution >= 0.6 is 0 Å². The van der Waals surface area contributed by atoms with E-state index in [4.69, 9.17) is 5.73 Å². The van der Waals surface area contributed by atoms with Crippen molar-refractivity contribution in [2.75, 3.05) is 12.3 Å². The van der Waals surface area contributed by atoms with Gasteiger partial charge in [0.05, 0.1) is 17.4 Å². The number of nitrogens with two attached hydrogens (primary N) is 1. The van der Waals surface area contributed by atoms with E-state index in [1.54, 1.807) is 6.20 Å².